The second-order valence-corrected chi connectivity index (χ2v) is 6.57. The van der Waals surface area contributed by atoms with E-state index in [-0.39, 0.29) is 5.41 Å². The molecule has 1 aliphatic carbocycles. The highest BCUT2D eigenvalue weighted by Crippen LogP contribution is 2.64. The largest absolute Gasteiger partial charge is 0.299 e. The van der Waals surface area contributed by atoms with Gasteiger partial charge in [-0.1, -0.05) is 65.2 Å². The van der Waals surface area contributed by atoms with E-state index in [0.717, 1.165) is 11.9 Å². The van der Waals surface area contributed by atoms with Crippen LogP contribution >= 0.6 is 0 Å². The molecule has 2 aromatic carbocycles. The zero-order chi connectivity index (χ0) is 16.6. The maximum Gasteiger partial charge on any atom is 0.143 e. The number of aldehydes is 1. The molecule has 23 heavy (non-hydrogen) atoms. The van der Waals surface area contributed by atoms with E-state index in [1.807, 2.05) is 0 Å². The van der Waals surface area contributed by atoms with E-state index in [2.05, 4.69) is 76.2 Å². The SMILES string of the molecule is CC(C)=C1/C(=C/C=O)C1(c1ccc(C)cc1)c1ccc(C)cc1. The van der Waals surface area contributed by atoms with Crippen LogP contribution < -0.4 is 0 Å². The van der Waals surface area contributed by atoms with Crippen molar-refractivity contribution in [3.63, 3.8) is 0 Å². The molecule has 0 saturated heterocycles. The van der Waals surface area contributed by atoms with Gasteiger partial charge in [0.2, 0.25) is 0 Å². The van der Waals surface area contributed by atoms with Crippen LogP contribution in [0, 0.1) is 13.8 Å². The molecule has 1 nitrogen and oxygen atoms in total. The van der Waals surface area contributed by atoms with Crippen LogP contribution in [-0.2, 0) is 10.2 Å². The van der Waals surface area contributed by atoms with Crippen molar-refractivity contribution >= 4 is 6.29 Å². The molecular formula is C22H22O. The van der Waals surface area contributed by atoms with Crippen LogP contribution in [0.5, 0.6) is 0 Å². The Morgan fingerprint density at radius 1 is 0.826 bits per heavy atom. The molecule has 3 rings (SSSR count). The molecule has 1 heteroatoms. The van der Waals surface area contributed by atoms with Crippen LogP contribution in [0.3, 0.4) is 0 Å². The average Bonchev–Trinajstić information content (AvgIpc) is 3.19. The monoisotopic (exact) mass is 302 g/mol. The summed E-state index contributed by atoms with van der Waals surface area (Å²) >= 11 is 0. The van der Waals surface area contributed by atoms with Gasteiger partial charge in [0.15, 0.2) is 0 Å². The lowest BCUT2D eigenvalue weighted by atomic mass is 9.85. The summed E-state index contributed by atoms with van der Waals surface area (Å²) in [5.41, 5.74) is 8.35. The predicted octanol–water partition coefficient (Wildman–Crippen LogP) is 5.06. The summed E-state index contributed by atoms with van der Waals surface area (Å²) in [5.74, 6) is 0. The van der Waals surface area contributed by atoms with Gasteiger partial charge < -0.3 is 0 Å². The van der Waals surface area contributed by atoms with E-state index >= 15 is 0 Å². The minimum Gasteiger partial charge on any atom is -0.299 e. The number of aryl methyl sites for hydroxylation is 2. The summed E-state index contributed by atoms with van der Waals surface area (Å²) in [6, 6.07) is 17.3. The Hall–Kier alpha value is -2.41. The molecule has 0 bridgehead atoms. The number of allylic oxidation sites excluding steroid dienone is 4. The van der Waals surface area contributed by atoms with Crippen molar-refractivity contribution < 1.29 is 4.79 Å². The maximum absolute atomic E-state index is 11.2. The molecule has 0 radical (unpaired) electrons. The molecule has 0 unspecified atom stereocenters. The molecule has 0 atom stereocenters. The lowest BCUT2D eigenvalue weighted by Gasteiger charge is -2.17. The quantitative estimate of drug-likeness (QED) is 0.572. The zero-order valence-corrected chi connectivity index (χ0v) is 14.2. The third-order valence-electron chi connectivity index (χ3n) is 4.69. The highest BCUT2D eigenvalue weighted by Gasteiger charge is 2.57. The number of carbonyl (C=O) groups is 1. The number of carbonyl (C=O) groups excluding carboxylic acids is 1. The predicted molar refractivity (Wildman–Crippen MR) is 95.7 cm³/mol. The molecule has 0 spiro atoms. The van der Waals surface area contributed by atoms with E-state index in [1.165, 1.54) is 33.4 Å². The average molecular weight is 302 g/mol. The second-order valence-electron chi connectivity index (χ2n) is 6.57. The van der Waals surface area contributed by atoms with Gasteiger partial charge >= 0.3 is 0 Å². The van der Waals surface area contributed by atoms with Crippen LogP contribution in [-0.4, -0.2) is 6.29 Å². The Morgan fingerprint density at radius 2 is 1.26 bits per heavy atom. The number of benzene rings is 2. The van der Waals surface area contributed by atoms with Gasteiger partial charge in [-0.15, -0.1) is 0 Å². The van der Waals surface area contributed by atoms with Crippen LogP contribution in [0.25, 0.3) is 0 Å². The molecule has 0 N–H and O–H groups in total. The maximum atomic E-state index is 11.2. The van der Waals surface area contributed by atoms with Crippen LogP contribution in [0.4, 0.5) is 0 Å². The molecule has 0 amide bonds. The number of hydrogen-bond acceptors (Lipinski definition) is 1. The lowest BCUT2D eigenvalue weighted by molar-refractivity contribution is -0.104. The zero-order valence-electron chi connectivity index (χ0n) is 14.2. The molecule has 1 fully saturated rings. The molecule has 116 valence electrons. The molecule has 0 aromatic heterocycles. The first-order chi connectivity index (χ1) is 11.0. The van der Waals surface area contributed by atoms with E-state index in [4.69, 9.17) is 0 Å². The fourth-order valence-corrected chi connectivity index (χ4v) is 3.59. The van der Waals surface area contributed by atoms with E-state index in [9.17, 15) is 4.79 Å². The molecule has 1 saturated carbocycles. The summed E-state index contributed by atoms with van der Waals surface area (Å²) in [4.78, 5) is 11.2. The van der Waals surface area contributed by atoms with E-state index in [0.29, 0.717) is 0 Å². The van der Waals surface area contributed by atoms with Gasteiger partial charge in [0.1, 0.15) is 6.29 Å². The van der Waals surface area contributed by atoms with Gasteiger partial charge in [-0.3, -0.25) is 4.79 Å². The highest BCUT2D eigenvalue weighted by molar-refractivity contribution is 5.86. The normalized spacial score (nSPS) is 17.2. The van der Waals surface area contributed by atoms with Crippen molar-refractivity contribution in [3.8, 4) is 0 Å². The Labute approximate surface area is 138 Å². The van der Waals surface area contributed by atoms with Crippen molar-refractivity contribution in [2.45, 2.75) is 33.1 Å². The standard InChI is InChI=1S/C22H22O/c1-15(2)21-20(13-14-23)22(21,18-9-5-16(3)6-10-18)19-11-7-17(4)8-12-19/h5-14H,1-4H3/b20-13-. The summed E-state index contributed by atoms with van der Waals surface area (Å²) in [5, 5.41) is 0. The second kappa shape index (κ2) is 5.66. The first kappa shape index (κ1) is 15.5. The van der Waals surface area contributed by atoms with Crippen molar-refractivity contribution in [3.05, 3.63) is 93.6 Å². The third-order valence-corrected chi connectivity index (χ3v) is 4.69. The van der Waals surface area contributed by atoms with Gasteiger partial charge in [0.25, 0.3) is 0 Å². The first-order valence-corrected chi connectivity index (χ1v) is 8.00. The Bertz CT molecular complexity index is 753. The van der Waals surface area contributed by atoms with Crippen LogP contribution in [0.15, 0.2) is 71.3 Å². The smallest absolute Gasteiger partial charge is 0.143 e. The van der Waals surface area contributed by atoms with Crippen molar-refractivity contribution in [2.75, 3.05) is 0 Å². The Kier molecular flexibility index (Phi) is 3.81. The topological polar surface area (TPSA) is 17.1 Å². The third kappa shape index (κ3) is 2.37. The van der Waals surface area contributed by atoms with E-state index < -0.39 is 0 Å². The Morgan fingerprint density at radius 3 is 1.61 bits per heavy atom. The first-order valence-electron chi connectivity index (χ1n) is 8.00. The van der Waals surface area contributed by atoms with Crippen molar-refractivity contribution in [1.82, 2.24) is 0 Å². The van der Waals surface area contributed by atoms with Crippen LogP contribution in [0.2, 0.25) is 0 Å². The molecule has 0 aliphatic heterocycles. The fraction of sp³-hybridized carbons (Fsp3) is 0.227. The van der Waals surface area contributed by atoms with Gasteiger partial charge in [-0.2, -0.15) is 0 Å². The van der Waals surface area contributed by atoms with Gasteiger partial charge in [0, 0.05) is 0 Å². The summed E-state index contributed by atoms with van der Waals surface area (Å²) in [7, 11) is 0. The summed E-state index contributed by atoms with van der Waals surface area (Å²) < 4.78 is 0. The van der Waals surface area contributed by atoms with Gasteiger partial charge in [-0.25, -0.2) is 0 Å². The minimum absolute atomic E-state index is 0.263. The van der Waals surface area contributed by atoms with Crippen molar-refractivity contribution in [2.24, 2.45) is 0 Å². The highest BCUT2D eigenvalue weighted by atomic mass is 16.1. The summed E-state index contributed by atoms with van der Waals surface area (Å²) in [6.45, 7) is 8.44. The molecule has 1 aliphatic rings. The van der Waals surface area contributed by atoms with Gasteiger partial charge in [-0.05, 0) is 56.0 Å². The molecule has 0 heterocycles. The molecule has 2 aromatic rings. The van der Waals surface area contributed by atoms with E-state index in [1.54, 1.807) is 6.08 Å². The molecular weight excluding hydrogens is 280 g/mol. The van der Waals surface area contributed by atoms with Crippen LogP contribution in [0.1, 0.15) is 36.1 Å². The van der Waals surface area contributed by atoms with Gasteiger partial charge in [0.05, 0.1) is 5.41 Å². The number of rotatable bonds is 3. The minimum atomic E-state index is -0.263. The Balaban J connectivity index is 2.29. The lowest BCUT2D eigenvalue weighted by Crippen LogP contribution is -2.10. The summed E-state index contributed by atoms with van der Waals surface area (Å²) in [6.07, 6.45) is 2.63. The van der Waals surface area contributed by atoms with Crippen molar-refractivity contribution in [1.29, 1.82) is 0 Å². The number of hydrogen-bond donors (Lipinski definition) is 0. The fourth-order valence-electron chi connectivity index (χ4n) is 3.59.